The topological polar surface area (TPSA) is 29.1 Å². The summed E-state index contributed by atoms with van der Waals surface area (Å²) in [5.74, 6) is 1.14. The Labute approximate surface area is 125 Å². The van der Waals surface area contributed by atoms with Gasteiger partial charge in [0.1, 0.15) is 0 Å². The highest BCUT2D eigenvalue weighted by Crippen LogP contribution is 2.32. The average Bonchev–Trinajstić information content (AvgIpc) is 2.49. The van der Waals surface area contributed by atoms with Crippen molar-refractivity contribution in [2.45, 2.75) is 57.0 Å². The summed E-state index contributed by atoms with van der Waals surface area (Å²) in [6, 6.07) is 8.26. The molecule has 3 atom stereocenters. The molecule has 1 heterocycles. The van der Waals surface area contributed by atoms with Crippen LogP contribution in [-0.2, 0) is 11.2 Å². The van der Waals surface area contributed by atoms with Crippen LogP contribution in [0, 0.1) is 5.92 Å². The lowest BCUT2D eigenvalue weighted by Gasteiger charge is -2.40. The maximum Gasteiger partial charge on any atom is 0.154 e. The monoisotopic (exact) mass is 291 g/mol. The molecule has 3 unspecified atom stereocenters. The van der Waals surface area contributed by atoms with Crippen molar-refractivity contribution in [1.29, 1.82) is 0 Å². The van der Waals surface area contributed by atoms with Gasteiger partial charge in [-0.2, -0.15) is 0 Å². The zero-order chi connectivity index (χ0) is 13.9. The van der Waals surface area contributed by atoms with Gasteiger partial charge in [-0.25, -0.2) is 0 Å². The lowest BCUT2D eigenvalue weighted by molar-refractivity contribution is -0.121. The molecule has 3 heteroatoms. The third-order valence-electron chi connectivity index (χ3n) is 4.83. The summed E-state index contributed by atoms with van der Waals surface area (Å²) >= 11 is 5.88. The van der Waals surface area contributed by atoms with E-state index in [1.807, 2.05) is 24.3 Å². The normalized spacial score (nSPS) is 29.8. The molecule has 1 aromatic carbocycles. The number of halogens is 1. The molecule has 2 nitrogen and oxygen atoms in total. The largest absolute Gasteiger partial charge is 0.304 e. The molecule has 1 aromatic rings. The van der Waals surface area contributed by atoms with E-state index in [2.05, 4.69) is 5.32 Å². The first-order chi connectivity index (χ1) is 9.72. The number of benzene rings is 1. The number of ketones is 1. The Kier molecular flexibility index (Phi) is 4.42. The maximum atomic E-state index is 12.4. The summed E-state index contributed by atoms with van der Waals surface area (Å²) in [6.45, 7) is 0. The number of rotatable bonds is 3. The second-order valence-corrected chi connectivity index (χ2v) is 6.65. The van der Waals surface area contributed by atoms with Crippen LogP contribution in [0.3, 0.4) is 0 Å². The van der Waals surface area contributed by atoms with Crippen molar-refractivity contribution in [2.75, 3.05) is 0 Å². The predicted molar refractivity (Wildman–Crippen MR) is 82.1 cm³/mol. The molecule has 2 aliphatic rings. The van der Waals surface area contributed by atoms with Gasteiger partial charge in [0, 0.05) is 17.5 Å². The summed E-state index contributed by atoms with van der Waals surface area (Å²) in [7, 11) is 0. The van der Waals surface area contributed by atoms with Crippen LogP contribution >= 0.6 is 11.6 Å². The van der Waals surface area contributed by atoms with E-state index in [0.717, 1.165) is 22.9 Å². The van der Waals surface area contributed by atoms with Crippen molar-refractivity contribution in [1.82, 2.24) is 5.32 Å². The fourth-order valence-electron chi connectivity index (χ4n) is 3.68. The Balaban J connectivity index is 1.58. The van der Waals surface area contributed by atoms with E-state index in [4.69, 9.17) is 11.6 Å². The molecule has 0 spiro atoms. The van der Waals surface area contributed by atoms with Gasteiger partial charge in [-0.3, -0.25) is 4.79 Å². The van der Waals surface area contributed by atoms with Crippen LogP contribution in [-0.4, -0.2) is 17.9 Å². The van der Waals surface area contributed by atoms with Crippen molar-refractivity contribution in [3.05, 3.63) is 34.9 Å². The van der Waals surface area contributed by atoms with Gasteiger partial charge in [0.05, 0.1) is 6.04 Å². The van der Waals surface area contributed by atoms with Gasteiger partial charge in [-0.1, -0.05) is 36.6 Å². The van der Waals surface area contributed by atoms with E-state index in [1.165, 1.54) is 32.1 Å². The molecule has 1 saturated heterocycles. The molecule has 2 fully saturated rings. The zero-order valence-corrected chi connectivity index (χ0v) is 12.5. The summed E-state index contributed by atoms with van der Waals surface area (Å²) in [6.07, 6.45) is 8.01. The van der Waals surface area contributed by atoms with E-state index in [0.29, 0.717) is 18.2 Å². The number of carbonyl (C=O) groups excluding carboxylic acids is 1. The van der Waals surface area contributed by atoms with Crippen molar-refractivity contribution in [2.24, 2.45) is 5.92 Å². The summed E-state index contributed by atoms with van der Waals surface area (Å²) in [4.78, 5) is 12.4. The van der Waals surface area contributed by atoms with Gasteiger partial charge in [-0.05, 0) is 49.3 Å². The second-order valence-electron chi connectivity index (χ2n) is 6.22. The fraction of sp³-hybridized carbons (Fsp3) is 0.588. The summed E-state index contributed by atoms with van der Waals surface area (Å²) in [5, 5.41) is 4.34. The zero-order valence-electron chi connectivity index (χ0n) is 11.8. The number of piperidine rings is 1. The number of fused-ring (bicyclic) bond motifs is 1. The van der Waals surface area contributed by atoms with E-state index >= 15 is 0 Å². The Bertz CT molecular complexity index is 470. The Hall–Kier alpha value is -0.860. The molecule has 0 aromatic heterocycles. The van der Waals surface area contributed by atoms with E-state index in [-0.39, 0.29) is 6.04 Å². The minimum absolute atomic E-state index is 0.0602. The molecule has 0 amide bonds. The minimum Gasteiger partial charge on any atom is -0.304 e. The van der Waals surface area contributed by atoms with Crippen molar-refractivity contribution in [3.63, 3.8) is 0 Å². The second kappa shape index (κ2) is 6.28. The lowest BCUT2D eigenvalue weighted by Crippen LogP contribution is -2.52. The highest BCUT2D eigenvalue weighted by Gasteiger charge is 2.34. The number of hydrogen-bond acceptors (Lipinski definition) is 2. The van der Waals surface area contributed by atoms with Crippen LogP contribution in [0.25, 0.3) is 0 Å². The summed E-state index contributed by atoms with van der Waals surface area (Å²) in [5.41, 5.74) is 1.06. The Morgan fingerprint density at radius 3 is 2.65 bits per heavy atom. The van der Waals surface area contributed by atoms with Crippen molar-refractivity contribution in [3.8, 4) is 0 Å². The number of Topliss-reactive ketones (excluding diaryl/α,β-unsaturated/α-hetero) is 1. The molecular formula is C17H22ClNO. The van der Waals surface area contributed by atoms with Crippen LogP contribution in [0.2, 0.25) is 5.02 Å². The van der Waals surface area contributed by atoms with Gasteiger partial charge in [0.15, 0.2) is 5.78 Å². The van der Waals surface area contributed by atoms with Crippen LogP contribution in [0.1, 0.15) is 44.1 Å². The van der Waals surface area contributed by atoms with Gasteiger partial charge in [0.2, 0.25) is 0 Å². The van der Waals surface area contributed by atoms with E-state index in [1.54, 1.807) is 0 Å². The molecule has 108 valence electrons. The van der Waals surface area contributed by atoms with Gasteiger partial charge in [0.25, 0.3) is 0 Å². The van der Waals surface area contributed by atoms with E-state index < -0.39 is 0 Å². The Morgan fingerprint density at radius 1 is 1.10 bits per heavy atom. The molecule has 0 radical (unpaired) electrons. The van der Waals surface area contributed by atoms with Crippen LogP contribution in [0.4, 0.5) is 0 Å². The molecule has 1 saturated carbocycles. The highest BCUT2D eigenvalue weighted by atomic mass is 35.5. The molecule has 1 N–H and O–H groups in total. The number of nitrogens with one attached hydrogen (secondary N) is 1. The van der Waals surface area contributed by atoms with Crippen LogP contribution < -0.4 is 5.32 Å². The van der Waals surface area contributed by atoms with E-state index in [9.17, 15) is 4.79 Å². The van der Waals surface area contributed by atoms with Gasteiger partial charge < -0.3 is 5.32 Å². The third kappa shape index (κ3) is 3.24. The number of carbonyl (C=O) groups is 1. The minimum atomic E-state index is 0.0602. The molecule has 1 aliphatic heterocycles. The number of hydrogen-bond donors (Lipinski definition) is 1. The van der Waals surface area contributed by atoms with Gasteiger partial charge in [-0.15, -0.1) is 0 Å². The molecule has 1 aliphatic carbocycles. The molecular weight excluding hydrogens is 270 g/mol. The predicted octanol–water partition coefficient (Wildman–Crippen LogP) is 3.76. The Morgan fingerprint density at radius 2 is 1.85 bits per heavy atom. The van der Waals surface area contributed by atoms with Crippen LogP contribution in [0.5, 0.6) is 0 Å². The smallest absolute Gasteiger partial charge is 0.154 e. The quantitative estimate of drug-likeness (QED) is 0.919. The summed E-state index contributed by atoms with van der Waals surface area (Å²) < 4.78 is 0. The highest BCUT2D eigenvalue weighted by molar-refractivity contribution is 6.30. The average molecular weight is 292 g/mol. The van der Waals surface area contributed by atoms with Crippen molar-refractivity contribution < 1.29 is 4.79 Å². The third-order valence-corrected chi connectivity index (χ3v) is 5.08. The lowest BCUT2D eigenvalue weighted by atomic mass is 9.77. The molecule has 3 rings (SSSR count). The molecule has 20 heavy (non-hydrogen) atoms. The van der Waals surface area contributed by atoms with Gasteiger partial charge >= 0.3 is 0 Å². The first kappa shape index (κ1) is 14.1. The molecule has 0 bridgehead atoms. The van der Waals surface area contributed by atoms with Crippen molar-refractivity contribution >= 4 is 17.4 Å². The van der Waals surface area contributed by atoms with Crippen LogP contribution in [0.15, 0.2) is 24.3 Å². The maximum absolute atomic E-state index is 12.4. The first-order valence-corrected chi connectivity index (χ1v) is 8.13. The SMILES string of the molecule is O=C(Cc1ccc(Cl)cc1)C1CCC2CCCCC2N1. The fourth-order valence-corrected chi connectivity index (χ4v) is 3.80. The standard InChI is InChI=1S/C17H22ClNO/c18-14-8-5-12(6-9-14)11-17(20)16-10-7-13-3-1-2-4-15(13)19-16/h5-6,8-9,13,15-16,19H,1-4,7,10-11H2. The first-order valence-electron chi connectivity index (χ1n) is 7.75.